The first-order valence-corrected chi connectivity index (χ1v) is 14.6. The van der Waals surface area contributed by atoms with Crippen molar-refractivity contribution in [1.82, 2.24) is 0 Å². The molecule has 0 aliphatic heterocycles. The second-order valence-corrected chi connectivity index (χ2v) is 11.8. The molecule has 0 heterocycles. The van der Waals surface area contributed by atoms with Gasteiger partial charge in [-0.2, -0.15) is 0 Å². The Kier molecular flexibility index (Phi) is 15.4. The molecule has 0 aliphatic carbocycles. The Hall–Kier alpha value is -3.34. The fraction of sp³-hybridized carbons (Fsp3) is 0.677. The minimum atomic E-state index is -1.08. The highest BCUT2D eigenvalue weighted by Gasteiger charge is 2.27. The molecule has 0 saturated carbocycles. The van der Waals surface area contributed by atoms with Crippen LogP contribution in [0.2, 0.25) is 0 Å². The fourth-order valence-corrected chi connectivity index (χ4v) is 3.81. The number of hydrogen-bond acceptors (Lipinski definition) is 11. The van der Waals surface area contributed by atoms with Crippen molar-refractivity contribution in [3.63, 3.8) is 0 Å². The highest BCUT2D eigenvalue weighted by Crippen LogP contribution is 2.30. The van der Waals surface area contributed by atoms with Crippen LogP contribution in [-0.2, 0) is 35.0 Å². The van der Waals surface area contributed by atoms with Gasteiger partial charge in [0.2, 0.25) is 0 Å². The molecule has 1 aromatic rings. The Bertz CT molecular complexity index is 1040. The third-order valence-corrected chi connectivity index (χ3v) is 6.09. The van der Waals surface area contributed by atoms with Gasteiger partial charge in [-0.15, -0.1) is 0 Å². The molecule has 5 atom stereocenters. The summed E-state index contributed by atoms with van der Waals surface area (Å²) >= 11 is 0. The van der Waals surface area contributed by atoms with Crippen molar-refractivity contribution in [2.24, 2.45) is 11.1 Å². The molecule has 11 nitrogen and oxygen atoms in total. The van der Waals surface area contributed by atoms with Crippen LogP contribution in [0.5, 0.6) is 11.5 Å². The van der Waals surface area contributed by atoms with Crippen LogP contribution in [0, 0.1) is 5.41 Å². The summed E-state index contributed by atoms with van der Waals surface area (Å²) in [7, 11) is 0. The van der Waals surface area contributed by atoms with Gasteiger partial charge in [0.15, 0.2) is 11.5 Å². The molecule has 0 aliphatic rings. The normalized spacial score (nSPS) is 14.9. The maximum atomic E-state index is 12.7. The van der Waals surface area contributed by atoms with E-state index in [2.05, 4.69) is 0 Å². The van der Waals surface area contributed by atoms with E-state index in [-0.39, 0.29) is 47.9 Å². The van der Waals surface area contributed by atoms with Crippen LogP contribution in [0.4, 0.5) is 9.59 Å². The van der Waals surface area contributed by atoms with Gasteiger partial charge in [0.05, 0.1) is 6.42 Å². The van der Waals surface area contributed by atoms with Crippen LogP contribution in [0.15, 0.2) is 18.2 Å². The SMILES string of the molecule is CCCC(C)OC(=O)Oc1cc(C[C@H](N)C(=O)OC(C)C(C)OC(=O)CC(C)(C)C)ccc1OC(=O)O[C@@H](C)CCC. The maximum absolute atomic E-state index is 12.7. The second-order valence-electron chi connectivity index (χ2n) is 11.8. The lowest BCUT2D eigenvalue weighted by Gasteiger charge is -2.24. The van der Waals surface area contributed by atoms with E-state index in [0.29, 0.717) is 18.4 Å². The van der Waals surface area contributed by atoms with E-state index in [4.69, 9.17) is 34.2 Å². The van der Waals surface area contributed by atoms with Crippen molar-refractivity contribution >= 4 is 24.2 Å². The largest absolute Gasteiger partial charge is 0.514 e. The van der Waals surface area contributed by atoms with Gasteiger partial charge < -0.3 is 34.2 Å². The van der Waals surface area contributed by atoms with Crippen molar-refractivity contribution in [3.05, 3.63) is 23.8 Å². The summed E-state index contributed by atoms with van der Waals surface area (Å²) in [6, 6.07) is 3.33. The molecule has 0 radical (unpaired) electrons. The minimum Gasteiger partial charge on any atom is -0.459 e. The van der Waals surface area contributed by atoms with E-state index < -0.39 is 36.5 Å². The number of nitrogens with two attached hydrogens (primary N) is 1. The number of carbonyl (C=O) groups excluding carboxylic acids is 4. The zero-order chi connectivity index (χ0) is 32.0. The van der Waals surface area contributed by atoms with E-state index >= 15 is 0 Å². The standard InChI is InChI=1S/C31H49NO10/c1-10-12-19(3)37-29(35)41-25-15-14-23(17-26(25)42-30(36)38-20(4)13-11-2)16-24(32)28(34)40-22(6)21(5)39-27(33)18-31(7,8)9/h14-15,17,19-22,24H,10-13,16,18,32H2,1-9H3/t19-,20?,21?,22?,24-/m0/s1. The Morgan fingerprint density at radius 2 is 1.26 bits per heavy atom. The molecule has 2 N–H and O–H groups in total. The molecular weight excluding hydrogens is 546 g/mol. The molecule has 0 aromatic heterocycles. The molecule has 0 fully saturated rings. The zero-order valence-electron chi connectivity index (χ0n) is 26.5. The lowest BCUT2D eigenvalue weighted by molar-refractivity contribution is -0.167. The predicted octanol–water partition coefficient (Wildman–Crippen LogP) is 6.26. The number of ether oxygens (including phenoxy) is 6. The van der Waals surface area contributed by atoms with Gasteiger partial charge in [-0.3, -0.25) is 9.59 Å². The van der Waals surface area contributed by atoms with E-state index in [0.717, 1.165) is 12.8 Å². The van der Waals surface area contributed by atoms with Crippen LogP contribution in [-0.4, -0.2) is 54.7 Å². The first-order chi connectivity index (χ1) is 19.5. The van der Waals surface area contributed by atoms with Gasteiger partial charge in [-0.1, -0.05) is 53.5 Å². The van der Waals surface area contributed by atoms with E-state index in [1.54, 1.807) is 33.8 Å². The molecule has 0 bridgehead atoms. The van der Waals surface area contributed by atoms with Crippen LogP contribution < -0.4 is 15.2 Å². The Morgan fingerprint density at radius 1 is 0.762 bits per heavy atom. The smallest absolute Gasteiger partial charge is 0.459 e. The van der Waals surface area contributed by atoms with Crippen molar-refractivity contribution in [1.29, 1.82) is 0 Å². The molecule has 11 heteroatoms. The van der Waals surface area contributed by atoms with Gasteiger partial charge >= 0.3 is 24.2 Å². The van der Waals surface area contributed by atoms with Crippen LogP contribution >= 0.6 is 0 Å². The molecule has 0 amide bonds. The van der Waals surface area contributed by atoms with Gasteiger partial charge in [-0.25, -0.2) is 9.59 Å². The zero-order valence-corrected chi connectivity index (χ0v) is 26.5. The summed E-state index contributed by atoms with van der Waals surface area (Å²) in [4.78, 5) is 49.6. The summed E-state index contributed by atoms with van der Waals surface area (Å²) < 4.78 is 32.0. The number of esters is 2. The molecule has 0 saturated heterocycles. The first kappa shape index (κ1) is 36.7. The molecule has 1 aromatic carbocycles. The van der Waals surface area contributed by atoms with E-state index in [9.17, 15) is 19.2 Å². The van der Waals surface area contributed by atoms with Gasteiger partial charge in [0, 0.05) is 0 Å². The summed E-state index contributed by atoms with van der Waals surface area (Å²) in [5.74, 6) is -1.26. The molecule has 0 spiro atoms. The number of hydrogen-bond donors (Lipinski definition) is 1. The molecule has 1 rings (SSSR count). The molecule has 42 heavy (non-hydrogen) atoms. The molecule has 238 valence electrons. The van der Waals surface area contributed by atoms with Gasteiger partial charge in [-0.05, 0) is 70.1 Å². The molecule has 3 unspecified atom stereocenters. The van der Waals surface area contributed by atoms with Crippen molar-refractivity contribution in [3.8, 4) is 11.5 Å². The average molecular weight is 596 g/mol. The van der Waals surface area contributed by atoms with E-state index in [1.165, 1.54) is 12.1 Å². The fourth-order valence-electron chi connectivity index (χ4n) is 3.81. The van der Waals surface area contributed by atoms with Crippen LogP contribution in [0.25, 0.3) is 0 Å². The minimum absolute atomic E-state index is 0.0135. The summed E-state index contributed by atoms with van der Waals surface area (Å²) in [5, 5.41) is 0. The third-order valence-electron chi connectivity index (χ3n) is 6.09. The number of benzene rings is 1. The summed E-state index contributed by atoms with van der Waals surface area (Å²) in [6.07, 6.45) is -0.901. The van der Waals surface area contributed by atoms with Crippen LogP contribution in [0.3, 0.4) is 0 Å². The number of carbonyl (C=O) groups is 4. The molecular formula is C31H49NO10. The highest BCUT2D eigenvalue weighted by atomic mass is 16.7. The maximum Gasteiger partial charge on any atom is 0.514 e. The van der Waals surface area contributed by atoms with Crippen molar-refractivity contribution in [2.45, 2.75) is 131 Å². The average Bonchev–Trinajstić information content (AvgIpc) is 2.84. The Morgan fingerprint density at radius 3 is 1.76 bits per heavy atom. The first-order valence-electron chi connectivity index (χ1n) is 14.6. The highest BCUT2D eigenvalue weighted by molar-refractivity contribution is 5.76. The predicted molar refractivity (Wildman–Crippen MR) is 156 cm³/mol. The summed E-state index contributed by atoms with van der Waals surface area (Å²) in [5.41, 5.74) is 6.38. The van der Waals surface area contributed by atoms with Gasteiger partial charge in [0.25, 0.3) is 0 Å². The lowest BCUT2D eigenvalue weighted by atomic mass is 9.92. The van der Waals surface area contributed by atoms with Crippen LogP contribution in [0.1, 0.15) is 100.0 Å². The van der Waals surface area contributed by atoms with Crippen molar-refractivity contribution in [2.75, 3.05) is 0 Å². The second kappa shape index (κ2) is 17.6. The van der Waals surface area contributed by atoms with Crippen molar-refractivity contribution < 1.29 is 47.6 Å². The summed E-state index contributed by atoms with van der Waals surface area (Å²) in [6.45, 7) is 16.4. The monoisotopic (exact) mass is 595 g/mol. The lowest BCUT2D eigenvalue weighted by Crippen LogP contribution is -2.39. The van der Waals surface area contributed by atoms with E-state index in [1.807, 2.05) is 34.6 Å². The van der Waals surface area contributed by atoms with Gasteiger partial charge in [0.1, 0.15) is 30.5 Å². The Labute approximate surface area is 249 Å². The quantitative estimate of drug-likeness (QED) is 0.139. The number of rotatable bonds is 15. The topological polar surface area (TPSA) is 150 Å². The Balaban J connectivity index is 2.97. The third kappa shape index (κ3) is 14.5.